The lowest BCUT2D eigenvalue weighted by Gasteiger charge is -1.92. The lowest BCUT2D eigenvalue weighted by atomic mass is 10.2. The minimum Gasteiger partial charge on any atom is -0.235 e. The molecule has 2 aromatic rings. The third-order valence-corrected chi connectivity index (χ3v) is 3.20. The lowest BCUT2D eigenvalue weighted by molar-refractivity contribution is 1.38. The summed E-state index contributed by atoms with van der Waals surface area (Å²) in [6, 6.07) is 10.3. The third kappa shape index (κ3) is 1.13. The van der Waals surface area contributed by atoms with E-state index in [1.807, 2.05) is 30.4 Å². The second-order valence-corrected chi connectivity index (χ2v) is 4.12. The number of hydrogen-bond donors (Lipinski definition) is 0. The maximum absolute atomic E-state index is 4.53. The molecule has 0 unspecified atom stereocenters. The maximum atomic E-state index is 4.53. The summed E-state index contributed by atoms with van der Waals surface area (Å²) < 4.78 is 0. The summed E-state index contributed by atoms with van der Waals surface area (Å²) in [4.78, 5) is 5.74. The van der Waals surface area contributed by atoms with Crippen molar-refractivity contribution < 1.29 is 0 Å². The van der Waals surface area contributed by atoms with Crippen LogP contribution in [0.1, 0.15) is 10.6 Å². The molecule has 0 aliphatic heterocycles. The van der Waals surface area contributed by atoms with E-state index in [1.54, 1.807) is 11.3 Å². The Kier molecular flexibility index (Phi) is 1.63. The highest BCUT2D eigenvalue weighted by atomic mass is 32.1. The van der Waals surface area contributed by atoms with E-state index in [1.165, 1.54) is 10.4 Å². The molecule has 1 heterocycles. The molecule has 0 N–H and O–H groups in total. The van der Waals surface area contributed by atoms with E-state index in [0.717, 1.165) is 10.7 Å². The fourth-order valence-corrected chi connectivity index (χ4v) is 2.39. The van der Waals surface area contributed by atoms with Crippen LogP contribution < -0.4 is 0 Å². The third-order valence-electron chi connectivity index (χ3n) is 2.14. The molecule has 0 amide bonds. The summed E-state index contributed by atoms with van der Waals surface area (Å²) in [5, 5.41) is 1.09. The van der Waals surface area contributed by atoms with Crippen LogP contribution >= 0.6 is 11.3 Å². The van der Waals surface area contributed by atoms with Gasteiger partial charge in [-0.15, -0.1) is 17.1 Å². The van der Waals surface area contributed by atoms with Gasteiger partial charge in [0, 0.05) is 11.6 Å². The van der Waals surface area contributed by atoms with Crippen molar-refractivity contribution in [3.63, 3.8) is 0 Å². The first kappa shape index (κ1) is 7.74. The monoisotopic (exact) mass is 197 g/mol. The number of thiazole rings is 1. The Bertz CT molecular complexity index is 505. The number of fused-ring (bicyclic) bond motifs is 1. The van der Waals surface area contributed by atoms with Crippen molar-refractivity contribution in [1.29, 1.82) is 0 Å². The molecule has 3 rings (SSSR count). The summed E-state index contributed by atoms with van der Waals surface area (Å²) in [5.41, 5.74) is 5.28. The molecule has 0 atom stereocenters. The average Bonchev–Trinajstić information content (AvgIpc) is 2.78. The summed E-state index contributed by atoms with van der Waals surface area (Å²) in [6.07, 6.45) is 3.91. The van der Waals surface area contributed by atoms with Crippen molar-refractivity contribution in [2.75, 3.05) is 0 Å². The summed E-state index contributed by atoms with van der Waals surface area (Å²) in [7, 11) is 0. The highest BCUT2D eigenvalue weighted by Crippen LogP contribution is 2.31. The van der Waals surface area contributed by atoms with Crippen LogP contribution in [0, 0.1) is 0 Å². The van der Waals surface area contributed by atoms with Crippen LogP contribution in [-0.4, -0.2) is 4.98 Å². The van der Waals surface area contributed by atoms with Crippen molar-refractivity contribution >= 4 is 23.5 Å². The van der Waals surface area contributed by atoms with Crippen LogP contribution in [0.15, 0.2) is 36.1 Å². The van der Waals surface area contributed by atoms with Crippen LogP contribution in [0.4, 0.5) is 0 Å². The first-order valence-electron chi connectivity index (χ1n) is 4.42. The largest absolute Gasteiger partial charge is 0.235 e. The number of hydrogen-bond acceptors (Lipinski definition) is 2. The van der Waals surface area contributed by atoms with Gasteiger partial charge in [-0.2, -0.15) is 0 Å². The van der Waals surface area contributed by atoms with Gasteiger partial charge in [-0.05, 0) is 6.08 Å². The molecule has 0 spiro atoms. The minimum absolute atomic E-state index is 1.05. The number of aromatic nitrogens is 1. The predicted octanol–water partition coefficient (Wildman–Crippen LogP) is 3.45. The predicted molar refractivity (Wildman–Crippen MR) is 60.0 cm³/mol. The molecule has 0 radical (unpaired) electrons. The normalized spacial score (nSPS) is 12.0. The van der Waals surface area contributed by atoms with Gasteiger partial charge in [0.1, 0.15) is 5.01 Å². The van der Waals surface area contributed by atoms with Crippen molar-refractivity contribution in [1.82, 2.24) is 4.98 Å². The first-order valence-corrected chi connectivity index (χ1v) is 5.24. The van der Waals surface area contributed by atoms with E-state index in [2.05, 4.69) is 22.8 Å². The average molecular weight is 197 g/mol. The summed E-state index contributed by atoms with van der Waals surface area (Å²) in [5.74, 6) is 0. The Morgan fingerprint density at radius 2 is 1.93 bits per heavy atom. The SMILES string of the molecule is C1=Cc2nc(-c3ccccc3)sc2C=1. The zero-order valence-corrected chi connectivity index (χ0v) is 8.21. The van der Waals surface area contributed by atoms with Crippen molar-refractivity contribution in [3.05, 3.63) is 46.6 Å². The standard InChI is InChI=1S/C12H7NS/c1-2-5-9(6-3-1)12-13-10-7-4-8-11(10)14-12/h1-3,5-8H. The Morgan fingerprint density at radius 1 is 1.07 bits per heavy atom. The molecule has 1 aliphatic rings. The van der Waals surface area contributed by atoms with Crippen LogP contribution in [0.2, 0.25) is 0 Å². The maximum Gasteiger partial charge on any atom is 0.124 e. The van der Waals surface area contributed by atoms with Gasteiger partial charge in [0.15, 0.2) is 0 Å². The topological polar surface area (TPSA) is 12.9 Å². The van der Waals surface area contributed by atoms with E-state index in [-0.39, 0.29) is 0 Å². The van der Waals surface area contributed by atoms with Gasteiger partial charge in [-0.3, -0.25) is 0 Å². The van der Waals surface area contributed by atoms with Gasteiger partial charge < -0.3 is 0 Å². The van der Waals surface area contributed by atoms with Gasteiger partial charge in [-0.1, -0.05) is 30.3 Å². The van der Waals surface area contributed by atoms with Gasteiger partial charge in [0.2, 0.25) is 0 Å². The molecular formula is C12H7NS. The summed E-state index contributed by atoms with van der Waals surface area (Å²) in [6.45, 7) is 0. The Hall–Kier alpha value is -1.63. The minimum atomic E-state index is 1.05. The molecular weight excluding hydrogens is 190 g/mol. The van der Waals surface area contributed by atoms with Crippen molar-refractivity contribution in [3.8, 4) is 10.6 Å². The highest BCUT2D eigenvalue weighted by Gasteiger charge is 2.10. The summed E-state index contributed by atoms with van der Waals surface area (Å²) >= 11 is 1.71. The second-order valence-electron chi connectivity index (χ2n) is 3.09. The number of benzene rings is 1. The van der Waals surface area contributed by atoms with E-state index in [4.69, 9.17) is 0 Å². The zero-order valence-electron chi connectivity index (χ0n) is 7.40. The van der Waals surface area contributed by atoms with E-state index >= 15 is 0 Å². The zero-order chi connectivity index (χ0) is 9.38. The van der Waals surface area contributed by atoms with Crippen LogP contribution in [0.5, 0.6) is 0 Å². The fraction of sp³-hybridized carbons (Fsp3) is 0. The molecule has 1 aliphatic carbocycles. The van der Waals surface area contributed by atoms with Gasteiger partial charge in [0.25, 0.3) is 0 Å². The first-order chi connectivity index (χ1) is 6.93. The van der Waals surface area contributed by atoms with E-state index in [0.29, 0.717) is 0 Å². The second kappa shape index (κ2) is 2.95. The molecule has 2 heteroatoms. The number of rotatable bonds is 1. The molecule has 14 heavy (non-hydrogen) atoms. The molecule has 1 aromatic heterocycles. The molecule has 0 bridgehead atoms. The molecule has 66 valence electrons. The highest BCUT2D eigenvalue weighted by molar-refractivity contribution is 7.16. The quantitative estimate of drug-likeness (QED) is 0.544. The van der Waals surface area contributed by atoms with Crippen LogP contribution in [0.3, 0.4) is 0 Å². The molecule has 0 saturated carbocycles. The molecule has 0 fully saturated rings. The smallest absolute Gasteiger partial charge is 0.124 e. The molecule has 1 aromatic carbocycles. The Morgan fingerprint density at radius 3 is 2.71 bits per heavy atom. The molecule has 0 saturated heterocycles. The molecule has 1 nitrogen and oxygen atoms in total. The Labute approximate surface area is 86.1 Å². The van der Waals surface area contributed by atoms with Crippen molar-refractivity contribution in [2.24, 2.45) is 0 Å². The van der Waals surface area contributed by atoms with Crippen LogP contribution in [0.25, 0.3) is 22.7 Å². The van der Waals surface area contributed by atoms with Gasteiger partial charge in [0.05, 0.1) is 10.6 Å². The lowest BCUT2D eigenvalue weighted by Crippen LogP contribution is -1.75. The van der Waals surface area contributed by atoms with Crippen LogP contribution in [-0.2, 0) is 0 Å². The Balaban J connectivity index is 2.11. The number of nitrogens with zero attached hydrogens (tertiary/aromatic N) is 1. The fourth-order valence-electron chi connectivity index (χ4n) is 1.45. The van der Waals surface area contributed by atoms with E-state index < -0.39 is 0 Å². The van der Waals surface area contributed by atoms with E-state index in [9.17, 15) is 0 Å². The van der Waals surface area contributed by atoms with Crippen molar-refractivity contribution in [2.45, 2.75) is 0 Å². The van der Waals surface area contributed by atoms with Gasteiger partial charge >= 0.3 is 0 Å². The van der Waals surface area contributed by atoms with Gasteiger partial charge in [-0.25, -0.2) is 4.98 Å².